The Morgan fingerprint density at radius 3 is 2.33 bits per heavy atom. The first-order valence-corrected chi connectivity index (χ1v) is 8.42. The Balaban J connectivity index is 2.08. The molecule has 0 radical (unpaired) electrons. The second kappa shape index (κ2) is 7.43. The van der Waals surface area contributed by atoms with E-state index in [-0.39, 0.29) is 0 Å². The Hall–Kier alpha value is -0.840. The third kappa shape index (κ3) is 4.09. The SMILES string of the molecule is COc1c(Br)cc(CNC(C)c2ccccc2C)cc1Br. The van der Waals surface area contributed by atoms with Crippen LogP contribution in [-0.2, 0) is 6.54 Å². The average molecular weight is 413 g/mol. The van der Waals surface area contributed by atoms with Crippen molar-refractivity contribution < 1.29 is 4.74 Å². The topological polar surface area (TPSA) is 21.3 Å². The molecule has 0 saturated heterocycles. The van der Waals surface area contributed by atoms with E-state index in [1.165, 1.54) is 16.7 Å². The summed E-state index contributed by atoms with van der Waals surface area (Å²) in [5, 5.41) is 3.57. The van der Waals surface area contributed by atoms with Crippen molar-refractivity contribution in [2.24, 2.45) is 0 Å². The van der Waals surface area contributed by atoms with Crippen LogP contribution < -0.4 is 10.1 Å². The molecular formula is C17H19Br2NO. The van der Waals surface area contributed by atoms with Gasteiger partial charge in [-0.1, -0.05) is 24.3 Å². The number of halogens is 2. The first-order valence-electron chi connectivity index (χ1n) is 6.83. The van der Waals surface area contributed by atoms with Gasteiger partial charge in [0.1, 0.15) is 5.75 Å². The Labute approximate surface area is 143 Å². The number of nitrogens with one attached hydrogen (secondary N) is 1. The molecule has 4 heteroatoms. The van der Waals surface area contributed by atoms with Crippen molar-refractivity contribution in [3.8, 4) is 5.75 Å². The van der Waals surface area contributed by atoms with Gasteiger partial charge in [0.25, 0.3) is 0 Å². The molecule has 2 rings (SSSR count). The van der Waals surface area contributed by atoms with Crippen LogP contribution in [0.25, 0.3) is 0 Å². The summed E-state index contributed by atoms with van der Waals surface area (Å²) in [7, 11) is 1.67. The maximum Gasteiger partial charge on any atom is 0.147 e. The van der Waals surface area contributed by atoms with Crippen molar-refractivity contribution in [2.45, 2.75) is 26.4 Å². The summed E-state index contributed by atoms with van der Waals surface area (Å²) in [4.78, 5) is 0. The molecule has 2 aromatic carbocycles. The van der Waals surface area contributed by atoms with Crippen LogP contribution in [0.1, 0.15) is 29.7 Å². The summed E-state index contributed by atoms with van der Waals surface area (Å²) in [5.74, 6) is 0.825. The molecule has 1 atom stereocenters. The Bertz CT molecular complexity index is 605. The predicted molar refractivity (Wildman–Crippen MR) is 94.8 cm³/mol. The Morgan fingerprint density at radius 2 is 1.76 bits per heavy atom. The number of hydrogen-bond donors (Lipinski definition) is 1. The lowest BCUT2D eigenvalue weighted by Gasteiger charge is -2.17. The summed E-state index contributed by atoms with van der Waals surface area (Å²) in [5.41, 5.74) is 3.86. The molecule has 0 spiro atoms. The molecule has 21 heavy (non-hydrogen) atoms. The zero-order chi connectivity index (χ0) is 15.4. The first-order chi connectivity index (χ1) is 10.0. The first kappa shape index (κ1) is 16.5. The molecule has 0 aliphatic rings. The number of rotatable bonds is 5. The molecule has 0 fully saturated rings. The van der Waals surface area contributed by atoms with Gasteiger partial charge in [-0.25, -0.2) is 0 Å². The second-order valence-corrected chi connectivity index (χ2v) is 6.76. The van der Waals surface area contributed by atoms with E-state index in [4.69, 9.17) is 4.74 Å². The lowest BCUT2D eigenvalue weighted by Crippen LogP contribution is -2.18. The largest absolute Gasteiger partial charge is 0.494 e. The molecule has 2 nitrogen and oxygen atoms in total. The van der Waals surface area contributed by atoms with Crippen molar-refractivity contribution in [1.29, 1.82) is 0 Å². The van der Waals surface area contributed by atoms with E-state index in [1.807, 2.05) is 0 Å². The standard InChI is InChI=1S/C17H19Br2NO/c1-11-6-4-5-7-14(11)12(2)20-10-13-8-15(18)17(21-3)16(19)9-13/h4-9,12,20H,10H2,1-3H3. The molecule has 0 amide bonds. The van der Waals surface area contributed by atoms with Crippen molar-refractivity contribution in [2.75, 3.05) is 7.11 Å². The van der Waals surface area contributed by atoms with E-state index in [1.54, 1.807) is 7.11 Å². The number of aryl methyl sites for hydroxylation is 1. The Kier molecular flexibility index (Phi) is 5.85. The lowest BCUT2D eigenvalue weighted by molar-refractivity contribution is 0.409. The van der Waals surface area contributed by atoms with E-state index in [0.717, 1.165) is 21.2 Å². The molecule has 0 aromatic heterocycles. The normalized spacial score (nSPS) is 12.2. The van der Waals surface area contributed by atoms with Gasteiger partial charge in [0.15, 0.2) is 0 Å². The molecule has 0 heterocycles. The van der Waals surface area contributed by atoms with Crippen LogP contribution in [0, 0.1) is 6.92 Å². The van der Waals surface area contributed by atoms with E-state index < -0.39 is 0 Å². The van der Waals surface area contributed by atoms with Crippen LogP contribution >= 0.6 is 31.9 Å². The van der Waals surface area contributed by atoms with Crippen molar-refractivity contribution in [1.82, 2.24) is 5.32 Å². The minimum atomic E-state index is 0.311. The maximum atomic E-state index is 5.33. The van der Waals surface area contributed by atoms with Gasteiger partial charge in [-0.2, -0.15) is 0 Å². The highest BCUT2D eigenvalue weighted by Gasteiger charge is 2.10. The molecule has 1 N–H and O–H groups in total. The average Bonchev–Trinajstić information content (AvgIpc) is 2.45. The quantitative estimate of drug-likeness (QED) is 0.711. The van der Waals surface area contributed by atoms with E-state index in [0.29, 0.717) is 6.04 Å². The summed E-state index contributed by atoms with van der Waals surface area (Å²) >= 11 is 7.08. The summed E-state index contributed by atoms with van der Waals surface area (Å²) in [6, 6.07) is 13.0. The van der Waals surface area contributed by atoms with Crippen LogP contribution in [0.4, 0.5) is 0 Å². The minimum absolute atomic E-state index is 0.311. The molecule has 0 saturated carbocycles. The third-order valence-electron chi connectivity index (χ3n) is 3.53. The summed E-state index contributed by atoms with van der Waals surface area (Å²) < 4.78 is 7.24. The van der Waals surface area contributed by atoms with Gasteiger partial charge in [-0.15, -0.1) is 0 Å². The van der Waals surface area contributed by atoms with Crippen LogP contribution in [-0.4, -0.2) is 7.11 Å². The van der Waals surface area contributed by atoms with Crippen LogP contribution in [0.5, 0.6) is 5.75 Å². The van der Waals surface area contributed by atoms with Crippen LogP contribution in [0.15, 0.2) is 45.3 Å². The van der Waals surface area contributed by atoms with E-state index >= 15 is 0 Å². The van der Waals surface area contributed by atoms with E-state index in [9.17, 15) is 0 Å². The van der Waals surface area contributed by atoms with E-state index in [2.05, 4.69) is 87.4 Å². The number of ether oxygens (including phenoxy) is 1. The number of benzene rings is 2. The van der Waals surface area contributed by atoms with Crippen molar-refractivity contribution >= 4 is 31.9 Å². The molecule has 112 valence electrons. The summed E-state index contributed by atoms with van der Waals surface area (Å²) in [6.07, 6.45) is 0. The molecule has 2 aromatic rings. The van der Waals surface area contributed by atoms with Crippen molar-refractivity contribution in [3.63, 3.8) is 0 Å². The second-order valence-electron chi connectivity index (χ2n) is 5.05. The lowest BCUT2D eigenvalue weighted by atomic mass is 10.0. The smallest absolute Gasteiger partial charge is 0.147 e. The fraction of sp³-hybridized carbons (Fsp3) is 0.294. The molecule has 0 aliphatic heterocycles. The van der Waals surface area contributed by atoms with Gasteiger partial charge >= 0.3 is 0 Å². The van der Waals surface area contributed by atoms with Gasteiger partial charge in [0.2, 0.25) is 0 Å². The third-order valence-corrected chi connectivity index (χ3v) is 4.71. The van der Waals surface area contributed by atoms with Gasteiger partial charge in [-0.3, -0.25) is 0 Å². The zero-order valence-corrected chi connectivity index (χ0v) is 15.6. The molecular weight excluding hydrogens is 394 g/mol. The van der Waals surface area contributed by atoms with Gasteiger partial charge in [0, 0.05) is 12.6 Å². The molecule has 1 unspecified atom stereocenters. The van der Waals surface area contributed by atoms with Gasteiger partial charge < -0.3 is 10.1 Å². The summed E-state index contributed by atoms with van der Waals surface area (Å²) in [6.45, 7) is 5.14. The molecule has 0 aliphatic carbocycles. The number of methoxy groups -OCH3 is 1. The zero-order valence-electron chi connectivity index (χ0n) is 12.4. The minimum Gasteiger partial charge on any atom is -0.494 e. The Morgan fingerprint density at radius 1 is 1.14 bits per heavy atom. The highest BCUT2D eigenvalue weighted by molar-refractivity contribution is 9.11. The number of hydrogen-bond acceptors (Lipinski definition) is 2. The fourth-order valence-corrected chi connectivity index (χ4v) is 3.97. The van der Waals surface area contributed by atoms with Crippen LogP contribution in [0.3, 0.4) is 0 Å². The monoisotopic (exact) mass is 411 g/mol. The fourth-order valence-electron chi connectivity index (χ4n) is 2.36. The van der Waals surface area contributed by atoms with Gasteiger partial charge in [0.05, 0.1) is 16.1 Å². The van der Waals surface area contributed by atoms with Crippen LogP contribution in [0.2, 0.25) is 0 Å². The molecule has 0 bridgehead atoms. The highest BCUT2D eigenvalue weighted by atomic mass is 79.9. The highest BCUT2D eigenvalue weighted by Crippen LogP contribution is 2.34. The van der Waals surface area contributed by atoms with Gasteiger partial charge in [-0.05, 0) is 74.5 Å². The predicted octanol–water partition coefficient (Wildman–Crippen LogP) is 5.38. The maximum absolute atomic E-state index is 5.33. The van der Waals surface area contributed by atoms with Crippen molar-refractivity contribution in [3.05, 3.63) is 62.0 Å².